The van der Waals surface area contributed by atoms with Crippen LogP contribution in [-0.4, -0.2) is 68.2 Å². The minimum absolute atomic E-state index is 0.589. The molecule has 2 aliphatic heterocycles. The Hall–Kier alpha value is -2.57. The number of hydrogen-bond acceptors (Lipinski definition) is 4. The van der Waals surface area contributed by atoms with Crippen molar-refractivity contribution in [3.63, 3.8) is 0 Å². The van der Waals surface area contributed by atoms with E-state index < -0.39 is 0 Å². The van der Waals surface area contributed by atoms with Crippen molar-refractivity contribution >= 4 is 5.96 Å². The van der Waals surface area contributed by atoms with E-state index >= 15 is 0 Å². The van der Waals surface area contributed by atoms with Crippen molar-refractivity contribution in [1.82, 2.24) is 15.1 Å². The summed E-state index contributed by atoms with van der Waals surface area (Å²) >= 11 is 0. The van der Waals surface area contributed by atoms with E-state index in [2.05, 4.69) is 26.2 Å². The van der Waals surface area contributed by atoms with E-state index in [1.54, 1.807) is 0 Å². The average Bonchev–Trinajstić information content (AvgIpc) is 3.27. The second-order valence-electron chi connectivity index (χ2n) is 7.46. The second-order valence-corrected chi connectivity index (χ2v) is 7.46. The molecule has 4 rings (SSSR count). The van der Waals surface area contributed by atoms with Crippen LogP contribution in [0.5, 0.6) is 11.5 Å². The van der Waals surface area contributed by atoms with Crippen molar-refractivity contribution in [1.29, 1.82) is 0 Å². The summed E-state index contributed by atoms with van der Waals surface area (Å²) in [4.78, 5) is 9.44. The van der Waals surface area contributed by atoms with Gasteiger partial charge in [0.2, 0.25) is 0 Å². The normalized spacial score (nSPS) is 20.7. The lowest BCUT2D eigenvalue weighted by atomic mass is 10.2. The maximum absolute atomic E-state index is 6.09. The molecule has 0 saturated carbocycles. The number of hydrogen-bond donors (Lipinski definition) is 1. The standard InChI is InChI=1S/C23H30N4O2/c1-24-23(27-12-11-20(18-27)26-13-15-28-16-14-26)25-17-19-7-5-6-10-22(19)29-21-8-3-2-4-9-21/h2-10,20H,11-18H2,1H3,(H,24,25). The third kappa shape index (κ3) is 5.08. The van der Waals surface area contributed by atoms with Crippen LogP contribution in [0.3, 0.4) is 0 Å². The SMILES string of the molecule is CN=C(NCc1ccccc1Oc1ccccc1)N1CCC(N2CCOCC2)C1. The molecule has 29 heavy (non-hydrogen) atoms. The molecule has 2 heterocycles. The Morgan fingerprint density at radius 2 is 1.83 bits per heavy atom. The first-order valence-electron chi connectivity index (χ1n) is 10.4. The van der Waals surface area contributed by atoms with E-state index in [4.69, 9.17) is 9.47 Å². The topological polar surface area (TPSA) is 49.3 Å². The molecular formula is C23H30N4O2. The number of ether oxygens (including phenoxy) is 2. The highest BCUT2D eigenvalue weighted by atomic mass is 16.5. The van der Waals surface area contributed by atoms with Crippen molar-refractivity contribution in [3.05, 3.63) is 60.2 Å². The zero-order chi connectivity index (χ0) is 19.9. The van der Waals surface area contributed by atoms with Crippen molar-refractivity contribution in [2.45, 2.75) is 19.0 Å². The van der Waals surface area contributed by atoms with Gasteiger partial charge in [-0.15, -0.1) is 0 Å². The number of likely N-dealkylation sites (tertiary alicyclic amines) is 1. The molecule has 0 spiro atoms. The van der Waals surface area contributed by atoms with E-state index in [0.717, 1.165) is 62.4 Å². The summed E-state index contributed by atoms with van der Waals surface area (Å²) in [5, 5.41) is 3.53. The van der Waals surface area contributed by atoms with E-state index in [1.165, 1.54) is 6.42 Å². The van der Waals surface area contributed by atoms with E-state index in [9.17, 15) is 0 Å². The number of benzene rings is 2. The van der Waals surface area contributed by atoms with Crippen molar-refractivity contribution in [2.75, 3.05) is 46.4 Å². The van der Waals surface area contributed by atoms with E-state index in [-0.39, 0.29) is 0 Å². The molecule has 2 aromatic rings. The Labute approximate surface area is 173 Å². The van der Waals surface area contributed by atoms with Gasteiger partial charge in [0.25, 0.3) is 0 Å². The molecule has 1 atom stereocenters. The third-order valence-corrected chi connectivity index (χ3v) is 5.62. The summed E-state index contributed by atoms with van der Waals surface area (Å²) in [6.07, 6.45) is 1.18. The zero-order valence-corrected chi connectivity index (χ0v) is 17.1. The molecule has 2 aliphatic rings. The smallest absolute Gasteiger partial charge is 0.193 e. The molecule has 0 aliphatic carbocycles. The fraction of sp³-hybridized carbons (Fsp3) is 0.435. The highest BCUT2D eigenvalue weighted by molar-refractivity contribution is 5.80. The van der Waals surface area contributed by atoms with Gasteiger partial charge in [0.05, 0.1) is 13.2 Å². The van der Waals surface area contributed by atoms with Crippen LogP contribution in [-0.2, 0) is 11.3 Å². The average molecular weight is 395 g/mol. The van der Waals surface area contributed by atoms with E-state index in [0.29, 0.717) is 12.6 Å². The first-order chi connectivity index (χ1) is 14.3. The minimum Gasteiger partial charge on any atom is -0.457 e. The number of nitrogens with zero attached hydrogens (tertiary/aromatic N) is 3. The summed E-state index contributed by atoms with van der Waals surface area (Å²) in [7, 11) is 1.86. The van der Waals surface area contributed by atoms with Gasteiger partial charge in [-0.05, 0) is 24.6 Å². The molecule has 0 bridgehead atoms. The third-order valence-electron chi connectivity index (χ3n) is 5.62. The molecular weight excluding hydrogens is 364 g/mol. The summed E-state index contributed by atoms with van der Waals surface area (Å²) in [5.41, 5.74) is 1.11. The summed E-state index contributed by atoms with van der Waals surface area (Å²) in [5.74, 6) is 2.67. The van der Waals surface area contributed by atoms with Gasteiger partial charge in [-0.1, -0.05) is 36.4 Å². The van der Waals surface area contributed by atoms with Crippen LogP contribution in [0.1, 0.15) is 12.0 Å². The molecule has 0 amide bonds. The predicted octanol–water partition coefficient (Wildman–Crippen LogP) is 2.96. The molecule has 1 unspecified atom stereocenters. The molecule has 2 fully saturated rings. The Kier molecular flexibility index (Phi) is 6.64. The molecule has 2 saturated heterocycles. The Morgan fingerprint density at radius 1 is 1.07 bits per heavy atom. The van der Waals surface area contributed by atoms with Gasteiger partial charge in [0, 0.05) is 51.4 Å². The number of guanidine groups is 1. The maximum Gasteiger partial charge on any atom is 0.193 e. The van der Waals surface area contributed by atoms with Crippen LogP contribution in [0, 0.1) is 0 Å². The van der Waals surface area contributed by atoms with Gasteiger partial charge in [0.1, 0.15) is 11.5 Å². The Bertz CT molecular complexity index is 806. The zero-order valence-electron chi connectivity index (χ0n) is 17.1. The fourth-order valence-corrected chi connectivity index (χ4v) is 4.05. The molecule has 6 heteroatoms. The van der Waals surface area contributed by atoms with Gasteiger partial charge in [-0.2, -0.15) is 0 Å². The predicted molar refractivity (Wildman–Crippen MR) is 116 cm³/mol. The van der Waals surface area contributed by atoms with Crippen LogP contribution in [0.25, 0.3) is 0 Å². The highest BCUT2D eigenvalue weighted by Crippen LogP contribution is 2.25. The van der Waals surface area contributed by atoms with Crippen LogP contribution < -0.4 is 10.1 Å². The number of aliphatic imine (C=N–C) groups is 1. The minimum atomic E-state index is 0.589. The molecule has 0 aromatic heterocycles. The van der Waals surface area contributed by atoms with Gasteiger partial charge in [0.15, 0.2) is 5.96 Å². The number of nitrogens with one attached hydrogen (secondary N) is 1. The number of rotatable bonds is 5. The Balaban J connectivity index is 1.36. The Morgan fingerprint density at radius 3 is 2.62 bits per heavy atom. The van der Waals surface area contributed by atoms with Crippen LogP contribution in [0.15, 0.2) is 59.6 Å². The van der Waals surface area contributed by atoms with Gasteiger partial charge in [-0.3, -0.25) is 9.89 Å². The first kappa shape index (κ1) is 19.7. The van der Waals surface area contributed by atoms with Crippen LogP contribution in [0.4, 0.5) is 0 Å². The molecule has 154 valence electrons. The van der Waals surface area contributed by atoms with Crippen LogP contribution >= 0.6 is 0 Å². The molecule has 1 N–H and O–H groups in total. The quantitative estimate of drug-likeness (QED) is 0.624. The highest BCUT2D eigenvalue weighted by Gasteiger charge is 2.30. The van der Waals surface area contributed by atoms with Gasteiger partial charge >= 0.3 is 0 Å². The van der Waals surface area contributed by atoms with Gasteiger partial charge < -0.3 is 19.7 Å². The van der Waals surface area contributed by atoms with Crippen LogP contribution in [0.2, 0.25) is 0 Å². The van der Waals surface area contributed by atoms with Crippen molar-refractivity contribution in [3.8, 4) is 11.5 Å². The lowest BCUT2D eigenvalue weighted by Gasteiger charge is -2.32. The lowest BCUT2D eigenvalue weighted by molar-refractivity contribution is 0.0195. The summed E-state index contributed by atoms with van der Waals surface area (Å²) in [6, 6.07) is 18.6. The summed E-state index contributed by atoms with van der Waals surface area (Å²) in [6.45, 7) is 6.49. The van der Waals surface area contributed by atoms with E-state index in [1.807, 2.05) is 55.6 Å². The number of morpholine rings is 1. The summed E-state index contributed by atoms with van der Waals surface area (Å²) < 4.78 is 11.6. The van der Waals surface area contributed by atoms with Crippen molar-refractivity contribution in [2.24, 2.45) is 4.99 Å². The fourth-order valence-electron chi connectivity index (χ4n) is 4.05. The largest absolute Gasteiger partial charge is 0.457 e. The second kappa shape index (κ2) is 9.76. The lowest BCUT2D eigenvalue weighted by Crippen LogP contribution is -2.46. The van der Waals surface area contributed by atoms with Crippen molar-refractivity contribution < 1.29 is 9.47 Å². The van der Waals surface area contributed by atoms with Gasteiger partial charge in [-0.25, -0.2) is 0 Å². The molecule has 6 nitrogen and oxygen atoms in total. The first-order valence-corrected chi connectivity index (χ1v) is 10.4. The molecule has 2 aromatic carbocycles. The molecule has 0 radical (unpaired) electrons. The number of para-hydroxylation sites is 2. The monoisotopic (exact) mass is 394 g/mol. The maximum atomic E-state index is 6.09.